The van der Waals surface area contributed by atoms with Gasteiger partial charge in [-0.3, -0.25) is 4.90 Å². The molecule has 0 bridgehead atoms. The number of methoxy groups -OCH3 is 2. The van der Waals surface area contributed by atoms with Gasteiger partial charge in [-0.1, -0.05) is 23.7 Å². The SMILES string of the molecule is CCOc1c(Cl)cc(CNCC(c2ccc(OC)cc2)N2CCOCC2)cc1OC.Cl. The van der Waals surface area contributed by atoms with Gasteiger partial charge in [0, 0.05) is 32.2 Å². The first-order valence-corrected chi connectivity index (χ1v) is 10.7. The molecule has 1 atom stereocenters. The molecule has 1 N–H and O–H groups in total. The van der Waals surface area contributed by atoms with E-state index in [4.69, 9.17) is 30.5 Å². The molecule has 0 amide bonds. The number of hydrogen-bond acceptors (Lipinski definition) is 6. The van der Waals surface area contributed by atoms with Crippen LogP contribution in [-0.2, 0) is 11.3 Å². The van der Waals surface area contributed by atoms with Gasteiger partial charge in [-0.15, -0.1) is 12.4 Å². The summed E-state index contributed by atoms with van der Waals surface area (Å²) in [5.41, 5.74) is 2.31. The molecule has 31 heavy (non-hydrogen) atoms. The second-order valence-corrected chi connectivity index (χ2v) is 7.52. The van der Waals surface area contributed by atoms with Gasteiger partial charge < -0.3 is 24.3 Å². The third-order valence-electron chi connectivity index (χ3n) is 5.23. The van der Waals surface area contributed by atoms with Gasteiger partial charge in [0.25, 0.3) is 0 Å². The molecular weight excluding hydrogens is 439 g/mol. The van der Waals surface area contributed by atoms with Gasteiger partial charge >= 0.3 is 0 Å². The summed E-state index contributed by atoms with van der Waals surface area (Å²) in [7, 11) is 3.32. The highest BCUT2D eigenvalue weighted by Crippen LogP contribution is 2.36. The molecule has 8 heteroatoms. The highest BCUT2D eigenvalue weighted by molar-refractivity contribution is 6.32. The Balaban J connectivity index is 0.00000341. The zero-order valence-corrected chi connectivity index (χ0v) is 19.9. The number of nitrogens with zero attached hydrogens (tertiary/aromatic N) is 1. The zero-order chi connectivity index (χ0) is 21.3. The topological polar surface area (TPSA) is 52.2 Å². The van der Waals surface area contributed by atoms with Crippen LogP contribution >= 0.6 is 24.0 Å². The van der Waals surface area contributed by atoms with Gasteiger partial charge in [0.05, 0.1) is 39.1 Å². The molecule has 1 unspecified atom stereocenters. The van der Waals surface area contributed by atoms with Gasteiger partial charge in [-0.05, 0) is 42.3 Å². The lowest BCUT2D eigenvalue weighted by molar-refractivity contribution is 0.0161. The lowest BCUT2D eigenvalue weighted by Crippen LogP contribution is -2.42. The van der Waals surface area contributed by atoms with E-state index >= 15 is 0 Å². The summed E-state index contributed by atoms with van der Waals surface area (Å²) in [5.74, 6) is 2.11. The van der Waals surface area contributed by atoms with Crippen molar-refractivity contribution in [3.05, 3.63) is 52.5 Å². The summed E-state index contributed by atoms with van der Waals surface area (Å²) < 4.78 is 21.9. The fourth-order valence-corrected chi connectivity index (χ4v) is 3.97. The molecule has 3 rings (SSSR count). The third-order valence-corrected chi connectivity index (χ3v) is 5.51. The molecule has 2 aromatic rings. The Morgan fingerprint density at radius 2 is 1.81 bits per heavy atom. The Morgan fingerprint density at radius 3 is 2.42 bits per heavy atom. The lowest BCUT2D eigenvalue weighted by Gasteiger charge is -2.35. The molecule has 1 heterocycles. The average molecular weight is 471 g/mol. The second kappa shape index (κ2) is 13.0. The van der Waals surface area contributed by atoms with Crippen molar-refractivity contribution < 1.29 is 18.9 Å². The monoisotopic (exact) mass is 470 g/mol. The van der Waals surface area contributed by atoms with Crippen LogP contribution in [0, 0.1) is 0 Å². The molecular formula is C23H32Cl2N2O4. The summed E-state index contributed by atoms with van der Waals surface area (Å²) in [4.78, 5) is 2.46. The Hall–Kier alpha value is -1.70. The van der Waals surface area contributed by atoms with Crippen LogP contribution < -0.4 is 19.5 Å². The van der Waals surface area contributed by atoms with E-state index in [1.807, 2.05) is 31.2 Å². The fourth-order valence-electron chi connectivity index (χ4n) is 3.69. The average Bonchev–Trinajstić information content (AvgIpc) is 2.79. The minimum atomic E-state index is 0. The molecule has 0 spiro atoms. The van der Waals surface area contributed by atoms with Crippen LogP contribution in [0.1, 0.15) is 24.1 Å². The molecule has 2 aromatic carbocycles. The van der Waals surface area contributed by atoms with Crippen LogP contribution in [0.4, 0.5) is 0 Å². The number of benzene rings is 2. The largest absolute Gasteiger partial charge is 0.497 e. The van der Waals surface area contributed by atoms with Crippen molar-refractivity contribution in [2.75, 3.05) is 53.7 Å². The van der Waals surface area contributed by atoms with E-state index in [0.29, 0.717) is 29.7 Å². The lowest BCUT2D eigenvalue weighted by atomic mass is 10.0. The molecule has 0 aromatic heterocycles. The molecule has 1 aliphatic heterocycles. The smallest absolute Gasteiger partial charge is 0.179 e. The van der Waals surface area contributed by atoms with E-state index in [9.17, 15) is 0 Å². The zero-order valence-electron chi connectivity index (χ0n) is 18.4. The van der Waals surface area contributed by atoms with Crippen molar-refractivity contribution in [2.45, 2.75) is 19.5 Å². The van der Waals surface area contributed by atoms with E-state index in [-0.39, 0.29) is 18.4 Å². The quantitative estimate of drug-likeness (QED) is 0.557. The Labute approximate surface area is 196 Å². The molecule has 0 saturated carbocycles. The van der Waals surface area contributed by atoms with Crippen LogP contribution in [0.15, 0.2) is 36.4 Å². The molecule has 1 aliphatic rings. The number of halogens is 2. The number of morpholine rings is 1. The van der Waals surface area contributed by atoms with Crippen LogP contribution in [0.5, 0.6) is 17.2 Å². The van der Waals surface area contributed by atoms with Gasteiger partial charge in [-0.2, -0.15) is 0 Å². The van der Waals surface area contributed by atoms with Gasteiger partial charge in [-0.25, -0.2) is 0 Å². The molecule has 6 nitrogen and oxygen atoms in total. The van der Waals surface area contributed by atoms with Crippen LogP contribution in [-0.4, -0.2) is 58.6 Å². The first-order chi connectivity index (χ1) is 14.7. The van der Waals surface area contributed by atoms with Crippen molar-refractivity contribution in [3.8, 4) is 17.2 Å². The number of ether oxygens (including phenoxy) is 4. The van der Waals surface area contributed by atoms with E-state index in [1.165, 1.54) is 5.56 Å². The molecule has 0 aliphatic carbocycles. The molecule has 0 radical (unpaired) electrons. The summed E-state index contributed by atoms with van der Waals surface area (Å²) >= 11 is 6.41. The highest BCUT2D eigenvalue weighted by atomic mass is 35.5. The predicted molar refractivity (Wildman–Crippen MR) is 126 cm³/mol. The summed E-state index contributed by atoms with van der Waals surface area (Å²) in [6.07, 6.45) is 0. The minimum Gasteiger partial charge on any atom is -0.497 e. The number of nitrogens with one attached hydrogen (secondary N) is 1. The van der Waals surface area contributed by atoms with Crippen molar-refractivity contribution in [2.24, 2.45) is 0 Å². The molecule has 172 valence electrons. The van der Waals surface area contributed by atoms with E-state index in [0.717, 1.165) is 44.2 Å². The van der Waals surface area contributed by atoms with E-state index < -0.39 is 0 Å². The summed E-state index contributed by atoms with van der Waals surface area (Å²) in [6, 6.07) is 12.5. The van der Waals surface area contributed by atoms with Gasteiger partial charge in [0.1, 0.15) is 5.75 Å². The fraction of sp³-hybridized carbons (Fsp3) is 0.478. The van der Waals surface area contributed by atoms with Crippen LogP contribution in [0.25, 0.3) is 0 Å². The summed E-state index contributed by atoms with van der Waals surface area (Å²) in [5, 5.41) is 4.15. The van der Waals surface area contributed by atoms with Crippen LogP contribution in [0.3, 0.4) is 0 Å². The van der Waals surface area contributed by atoms with E-state index in [2.05, 4.69) is 22.3 Å². The Kier molecular flexibility index (Phi) is 10.7. The minimum absolute atomic E-state index is 0. The van der Waals surface area contributed by atoms with Crippen molar-refractivity contribution >= 4 is 24.0 Å². The van der Waals surface area contributed by atoms with Crippen molar-refractivity contribution in [1.29, 1.82) is 0 Å². The van der Waals surface area contributed by atoms with Crippen molar-refractivity contribution in [3.63, 3.8) is 0 Å². The maximum absolute atomic E-state index is 6.41. The standard InChI is InChI=1S/C23H31ClN2O4.ClH/c1-4-30-23-20(24)13-17(14-22(23)28-3)15-25-16-21(26-9-11-29-12-10-26)18-5-7-19(27-2)8-6-18;/h5-8,13-14,21,25H,4,9-12,15-16H2,1-3H3;1H. The molecule has 1 saturated heterocycles. The number of hydrogen-bond donors (Lipinski definition) is 1. The first-order valence-electron chi connectivity index (χ1n) is 10.3. The van der Waals surface area contributed by atoms with Gasteiger partial charge in [0.2, 0.25) is 0 Å². The Morgan fingerprint density at radius 1 is 1.10 bits per heavy atom. The first kappa shape index (κ1) is 25.6. The normalized spacial score (nSPS) is 15.1. The highest BCUT2D eigenvalue weighted by Gasteiger charge is 2.22. The van der Waals surface area contributed by atoms with Gasteiger partial charge in [0.15, 0.2) is 11.5 Å². The van der Waals surface area contributed by atoms with E-state index in [1.54, 1.807) is 14.2 Å². The maximum Gasteiger partial charge on any atom is 0.179 e. The number of rotatable bonds is 10. The summed E-state index contributed by atoms with van der Waals surface area (Å²) in [6.45, 7) is 7.31. The predicted octanol–water partition coefficient (Wildman–Crippen LogP) is 4.34. The van der Waals surface area contributed by atoms with Crippen LogP contribution in [0.2, 0.25) is 5.02 Å². The Bertz CT molecular complexity index is 799. The third kappa shape index (κ3) is 6.89. The molecule has 1 fully saturated rings. The van der Waals surface area contributed by atoms with Crippen molar-refractivity contribution in [1.82, 2.24) is 10.2 Å². The second-order valence-electron chi connectivity index (χ2n) is 7.11. The maximum atomic E-state index is 6.41.